The number of nitrogens with two attached hydrogens (primary N) is 1. The van der Waals surface area contributed by atoms with Crippen LogP contribution < -0.4 is 15.2 Å². The van der Waals surface area contributed by atoms with E-state index in [1.807, 2.05) is 31.2 Å². The Hall–Kier alpha value is -2.38. The van der Waals surface area contributed by atoms with E-state index in [0.29, 0.717) is 18.5 Å². The second-order valence-electron chi connectivity index (χ2n) is 5.44. The van der Waals surface area contributed by atoms with E-state index < -0.39 is 10.0 Å². The molecule has 0 aliphatic carbocycles. The monoisotopic (exact) mass is 348 g/mol. The molecule has 24 heavy (non-hydrogen) atoms. The fourth-order valence-electron chi connectivity index (χ4n) is 2.21. The highest BCUT2D eigenvalue weighted by Gasteiger charge is 2.16. The lowest BCUT2D eigenvalue weighted by molar-refractivity contribution is -0.116. The molecule has 3 N–H and O–H groups in total. The van der Waals surface area contributed by atoms with Crippen LogP contribution in [-0.4, -0.2) is 21.4 Å². The molecule has 0 saturated heterocycles. The molecule has 0 atom stereocenters. The van der Waals surface area contributed by atoms with Gasteiger partial charge in [0.1, 0.15) is 10.6 Å². The van der Waals surface area contributed by atoms with Crippen molar-refractivity contribution in [3.8, 4) is 5.75 Å². The number of hydrogen-bond donors (Lipinski definition) is 2. The van der Waals surface area contributed by atoms with Crippen LogP contribution in [0.3, 0.4) is 0 Å². The van der Waals surface area contributed by atoms with E-state index in [0.717, 1.165) is 11.1 Å². The molecule has 0 aliphatic heterocycles. The Kier molecular flexibility index (Phi) is 5.58. The molecule has 0 aliphatic rings. The summed E-state index contributed by atoms with van der Waals surface area (Å²) in [6.45, 7) is 2.00. The fourth-order valence-corrected chi connectivity index (χ4v) is 2.94. The second-order valence-corrected chi connectivity index (χ2v) is 6.97. The van der Waals surface area contributed by atoms with Crippen LogP contribution in [-0.2, 0) is 21.2 Å². The van der Waals surface area contributed by atoms with Crippen molar-refractivity contribution >= 4 is 21.6 Å². The predicted octanol–water partition coefficient (Wildman–Crippen LogP) is 2.22. The van der Waals surface area contributed by atoms with Crippen molar-refractivity contribution in [3.05, 3.63) is 53.6 Å². The van der Waals surface area contributed by atoms with Crippen LogP contribution in [0.25, 0.3) is 0 Å². The van der Waals surface area contributed by atoms with Crippen molar-refractivity contribution in [1.82, 2.24) is 0 Å². The van der Waals surface area contributed by atoms with Crippen LogP contribution in [0.5, 0.6) is 5.75 Å². The summed E-state index contributed by atoms with van der Waals surface area (Å²) in [7, 11) is -2.59. The maximum atomic E-state index is 12.0. The van der Waals surface area contributed by atoms with Crippen LogP contribution in [0.1, 0.15) is 17.5 Å². The zero-order valence-corrected chi connectivity index (χ0v) is 14.4. The molecule has 0 fully saturated rings. The Morgan fingerprint density at radius 3 is 2.42 bits per heavy atom. The van der Waals surface area contributed by atoms with Gasteiger partial charge in [-0.3, -0.25) is 4.79 Å². The number of aryl methyl sites for hydroxylation is 2. The minimum absolute atomic E-state index is 0.134. The summed E-state index contributed by atoms with van der Waals surface area (Å²) in [5.74, 6) is -0.0729. The van der Waals surface area contributed by atoms with Gasteiger partial charge in [0.2, 0.25) is 15.9 Å². The summed E-state index contributed by atoms with van der Waals surface area (Å²) in [6, 6.07) is 12.3. The van der Waals surface area contributed by atoms with Crippen molar-refractivity contribution in [2.75, 3.05) is 12.4 Å². The zero-order chi connectivity index (χ0) is 17.7. The van der Waals surface area contributed by atoms with Crippen molar-refractivity contribution in [3.63, 3.8) is 0 Å². The quantitative estimate of drug-likeness (QED) is 0.836. The van der Waals surface area contributed by atoms with Gasteiger partial charge in [0.25, 0.3) is 0 Å². The van der Waals surface area contributed by atoms with Gasteiger partial charge in [-0.15, -0.1) is 0 Å². The van der Waals surface area contributed by atoms with Gasteiger partial charge in [0.15, 0.2) is 0 Å². The molecule has 0 radical (unpaired) electrons. The predicted molar refractivity (Wildman–Crippen MR) is 92.5 cm³/mol. The van der Waals surface area contributed by atoms with E-state index in [1.54, 1.807) is 6.07 Å². The van der Waals surface area contributed by atoms with Gasteiger partial charge in [0.05, 0.1) is 7.11 Å². The molecule has 6 nitrogen and oxygen atoms in total. The van der Waals surface area contributed by atoms with Crippen LogP contribution in [0, 0.1) is 6.92 Å². The van der Waals surface area contributed by atoms with Crippen LogP contribution in [0.4, 0.5) is 5.69 Å². The average Bonchev–Trinajstić information content (AvgIpc) is 2.53. The topological polar surface area (TPSA) is 98.5 Å². The van der Waals surface area contributed by atoms with Crippen LogP contribution >= 0.6 is 0 Å². The van der Waals surface area contributed by atoms with Crippen molar-refractivity contribution < 1.29 is 17.9 Å². The molecule has 128 valence electrons. The minimum atomic E-state index is -3.94. The van der Waals surface area contributed by atoms with Gasteiger partial charge in [-0.1, -0.05) is 29.8 Å². The van der Waals surface area contributed by atoms with Gasteiger partial charge in [-0.05, 0) is 37.1 Å². The lowest BCUT2D eigenvalue weighted by atomic mass is 10.1. The zero-order valence-electron chi connectivity index (χ0n) is 13.6. The first-order valence-electron chi connectivity index (χ1n) is 7.36. The number of amides is 1. The summed E-state index contributed by atoms with van der Waals surface area (Å²) in [6.07, 6.45) is 0.893. The molecule has 1 amide bonds. The Bertz CT molecular complexity index is 830. The highest BCUT2D eigenvalue weighted by Crippen LogP contribution is 2.26. The maximum Gasteiger partial charge on any atom is 0.241 e. The second kappa shape index (κ2) is 7.46. The Morgan fingerprint density at radius 2 is 1.83 bits per heavy atom. The molecule has 7 heteroatoms. The SMILES string of the molecule is COc1ccc(NC(=O)CCc2ccc(C)cc2)cc1S(N)(=O)=O. The molecule has 2 aromatic rings. The number of rotatable bonds is 6. The van der Waals surface area contributed by atoms with Gasteiger partial charge in [-0.25, -0.2) is 13.6 Å². The molecule has 2 rings (SSSR count). The molecule has 0 bridgehead atoms. The summed E-state index contributed by atoms with van der Waals surface area (Å²) in [5.41, 5.74) is 2.58. The van der Waals surface area contributed by atoms with E-state index in [1.165, 1.54) is 19.2 Å². The lowest BCUT2D eigenvalue weighted by Crippen LogP contribution is -2.16. The number of benzene rings is 2. The summed E-state index contributed by atoms with van der Waals surface area (Å²) in [4.78, 5) is 11.9. The van der Waals surface area contributed by atoms with Crippen molar-refractivity contribution in [2.45, 2.75) is 24.7 Å². The number of sulfonamides is 1. The average molecular weight is 348 g/mol. The third-order valence-corrected chi connectivity index (χ3v) is 4.45. The largest absolute Gasteiger partial charge is 0.495 e. The first-order chi connectivity index (χ1) is 11.3. The smallest absolute Gasteiger partial charge is 0.241 e. The van der Waals surface area contributed by atoms with E-state index in [9.17, 15) is 13.2 Å². The molecule has 0 spiro atoms. The first kappa shape index (κ1) is 18.0. The maximum absolute atomic E-state index is 12.0. The normalized spacial score (nSPS) is 11.1. The van der Waals surface area contributed by atoms with E-state index in [2.05, 4.69) is 5.32 Å². The highest BCUT2D eigenvalue weighted by atomic mass is 32.2. The molecule has 0 unspecified atom stereocenters. The van der Waals surface area contributed by atoms with E-state index >= 15 is 0 Å². The number of ether oxygens (including phenoxy) is 1. The molecule has 0 saturated carbocycles. The lowest BCUT2D eigenvalue weighted by Gasteiger charge is -2.10. The molecular formula is C17H20N2O4S. The molecule has 2 aromatic carbocycles. The van der Waals surface area contributed by atoms with Crippen LogP contribution in [0.15, 0.2) is 47.4 Å². The third kappa shape index (κ3) is 4.81. The highest BCUT2D eigenvalue weighted by molar-refractivity contribution is 7.89. The summed E-state index contributed by atoms with van der Waals surface area (Å²) < 4.78 is 28.1. The number of anilines is 1. The first-order valence-corrected chi connectivity index (χ1v) is 8.90. The van der Waals surface area contributed by atoms with E-state index in [4.69, 9.17) is 9.88 Å². The number of nitrogens with one attached hydrogen (secondary N) is 1. The fraction of sp³-hybridized carbons (Fsp3) is 0.235. The molecule has 0 aromatic heterocycles. The van der Waals surface area contributed by atoms with Gasteiger partial charge in [0, 0.05) is 12.1 Å². The number of primary sulfonamides is 1. The Labute approximate surface area is 141 Å². The van der Waals surface area contributed by atoms with Crippen molar-refractivity contribution in [2.24, 2.45) is 5.14 Å². The van der Waals surface area contributed by atoms with Gasteiger partial charge < -0.3 is 10.1 Å². The number of hydrogen-bond acceptors (Lipinski definition) is 4. The number of carbonyl (C=O) groups is 1. The van der Waals surface area contributed by atoms with Gasteiger partial charge >= 0.3 is 0 Å². The van der Waals surface area contributed by atoms with Crippen molar-refractivity contribution in [1.29, 1.82) is 0 Å². The minimum Gasteiger partial charge on any atom is -0.495 e. The molecule has 0 heterocycles. The Balaban J connectivity index is 2.05. The van der Waals surface area contributed by atoms with Crippen LogP contribution in [0.2, 0.25) is 0 Å². The Morgan fingerprint density at radius 1 is 1.17 bits per heavy atom. The number of carbonyl (C=O) groups excluding carboxylic acids is 1. The van der Waals surface area contributed by atoms with Gasteiger partial charge in [-0.2, -0.15) is 0 Å². The summed E-state index contributed by atoms with van der Waals surface area (Å²) in [5, 5.41) is 7.83. The van der Waals surface area contributed by atoms with E-state index in [-0.39, 0.29) is 16.6 Å². The third-order valence-electron chi connectivity index (χ3n) is 3.52. The summed E-state index contributed by atoms with van der Waals surface area (Å²) >= 11 is 0. The number of methoxy groups -OCH3 is 1. The standard InChI is InChI=1S/C17H20N2O4S/c1-12-3-5-13(6-4-12)7-10-17(20)19-14-8-9-15(23-2)16(11-14)24(18,21)22/h3-6,8-9,11H,7,10H2,1-2H3,(H,19,20)(H2,18,21,22). The molecular weight excluding hydrogens is 328 g/mol.